The number of hydrogen-bond acceptors (Lipinski definition) is 4. The molecule has 5 nitrogen and oxygen atoms in total. The molecule has 1 fully saturated rings. The number of carbonyl (C=O) groups excluding carboxylic acids is 2. The van der Waals surface area contributed by atoms with Gasteiger partial charge in [-0.15, -0.1) is 0 Å². The molecular formula is C19H37N3O2. The number of unbranched alkanes of at least 4 members (excludes halogenated alkanes) is 3. The van der Waals surface area contributed by atoms with Crippen molar-refractivity contribution in [2.75, 3.05) is 39.3 Å². The summed E-state index contributed by atoms with van der Waals surface area (Å²) in [6, 6.07) is 0.353. The summed E-state index contributed by atoms with van der Waals surface area (Å²) in [5.74, 6) is 0.792. The number of piperazine rings is 1. The number of ketones is 1. The Morgan fingerprint density at radius 3 is 2.12 bits per heavy atom. The van der Waals surface area contributed by atoms with Gasteiger partial charge in [0.1, 0.15) is 5.78 Å². The Hall–Kier alpha value is -0.940. The van der Waals surface area contributed by atoms with E-state index in [2.05, 4.69) is 24.1 Å². The van der Waals surface area contributed by atoms with Gasteiger partial charge in [0.05, 0.1) is 6.54 Å². The molecule has 140 valence electrons. The van der Waals surface area contributed by atoms with Crippen LogP contribution in [0.25, 0.3) is 0 Å². The lowest BCUT2D eigenvalue weighted by atomic mass is 10.0. The summed E-state index contributed by atoms with van der Waals surface area (Å²) in [6.07, 6.45) is 5.31. The summed E-state index contributed by atoms with van der Waals surface area (Å²) >= 11 is 0. The first-order valence-electron chi connectivity index (χ1n) is 9.66. The third kappa shape index (κ3) is 8.78. The van der Waals surface area contributed by atoms with Crippen molar-refractivity contribution in [3.8, 4) is 0 Å². The fourth-order valence-electron chi connectivity index (χ4n) is 2.90. The summed E-state index contributed by atoms with van der Waals surface area (Å²) in [5.41, 5.74) is 0. The summed E-state index contributed by atoms with van der Waals surface area (Å²) in [6.45, 7) is 13.3. The number of rotatable bonds is 11. The second-order valence-electron chi connectivity index (χ2n) is 7.54. The number of nitrogens with one attached hydrogen (secondary N) is 1. The number of carbonyl (C=O) groups is 2. The fraction of sp³-hybridized carbons (Fsp3) is 0.895. The van der Waals surface area contributed by atoms with E-state index in [4.69, 9.17) is 0 Å². The fourth-order valence-corrected chi connectivity index (χ4v) is 2.90. The van der Waals surface area contributed by atoms with Gasteiger partial charge < -0.3 is 10.2 Å². The van der Waals surface area contributed by atoms with Crippen LogP contribution < -0.4 is 5.32 Å². The molecule has 0 spiro atoms. The van der Waals surface area contributed by atoms with Gasteiger partial charge in [0.25, 0.3) is 0 Å². The zero-order valence-electron chi connectivity index (χ0n) is 16.1. The van der Waals surface area contributed by atoms with Crippen LogP contribution in [0.2, 0.25) is 0 Å². The molecule has 0 radical (unpaired) electrons. The maximum absolute atomic E-state index is 12.1. The van der Waals surface area contributed by atoms with Crippen LogP contribution in [0, 0.1) is 5.92 Å². The van der Waals surface area contributed by atoms with E-state index in [0.29, 0.717) is 18.4 Å². The molecule has 1 aliphatic heterocycles. The van der Waals surface area contributed by atoms with Crippen LogP contribution in [0.4, 0.5) is 0 Å². The Kier molecular flexibility index (Phi) is 10.2. The lowest BCUT2D eigenvalue weighted by Gasteiger charge is -2.35. The van der Waals surface area contributed by atoms with Crippen molar-refractivity contribution in [1.29, 1.82) is 0 Å². The second-order valence-corrected chi connectivity index (χ2v) is 7.54. The Bertz CT molecular complexity index is 375. The van der Waals surface area contributed by atoms with Crippen molar-refractivity contribution in [3.05, 3.63) is 0 Å². The van der Waals surface area contributed by atoms with E-state index in [1.807, 2.05) is 18.7 Å². The van der Waals surface area contributed by atoms with Crippen molar-refractivity contribution in [2.24, 2.45) is 5.92 Å². The first kappa shape index (κ1) is 21.1. The number of Topliss-reactive ketones (excluding diaryl/α,β-unsaturated/α-hetero) is 1. The van der Waals surface area contributed by atoms with Crippen LogP contribution in [0.3, 0.4) is 0 Å². The number of hydrogen-bond donors (Lipinski definition) is 1. The first-order valence-corrected chi connectivity index (χ1v) is 9.66. The molecule has 0 saturated carbocycles. The van der Waals surface area contributed by atoms with Crippen molar-refractivity contribution < 1.29 is 9.59 Å². The molecule has 24 heavy (non-hydrogen) atoms. The average molecular weight is 340 g/mol. The molecule has 1 aliphatic rings. The van der Waals surface area contributed by atoms with E-state index in [9.17, 15) is 9.59 Å². The quantitative estimate of drug-likeness (QED) is 0.587. The molecular weight excluding hydrogens is 302 g/mol. The van der Waals surface area contributed by atoms with E-state index in [1.54, 1.807) is 0 Å². The average Bonchev–Trinajstić information content (AvgIpc) is 2.55. The van der Waals surface area contributed by atoms with E-state index < -0.39 is 0 Å². The predicted molar refractivity (Wildman–Crippen MR) is 99.1 cm³/mol. The third-order valence-corrected chi connectivity index (χ3v) is 4.68. The van der Waals surface area contributed by atoms with Crippen molar-refractivity contribution in [1.82, 2.24) is 15.1 Å². The number of nitrogens with zero attached hydrogens (tertiary/aromatic N) is 2. The lowest BCUT2D eigenvalue weighted by molar-refractivity contribution is -0.132. The van der Waals surface area contributed by atoms with Crippen LogP contribution in [0.5, 0.6) is 0 Å². The van der Waals surface area contributed by atoms with Crippen LogP contribution in [-0.4, -0.2) is 66.8 Å². The SMILES string of the molecule is CC(C)NCC(=O)N1CCN(CCCCCCC(=O)C(C)C)CC1. The third-order valence-electron chi connectivity index (χ3n) is 4.68. The lowest BCUT2D eigenvalue weighted by Crippen LogP contribution is -2.51. The molecule has 0 aromatic rings. The summed E-state index contributed by atoms with van der Waals surface area (Å²) < 4.78 is 0. The highest BCUT2D eigenvalue weighted by Gasteiger charge is 2.20. The largest absolute Gasteiger partial charge is 0.339 e. The molecule has 5 heteroatoms. The van der Waals surface area contributed by atoms with Gasteiger partial charge in [-0.25, -0.2) is 0 Å². The predicted octanol–water partition coefficient (Wildman–Crippen LogP) is 2.30. The Balaban J connectivity index is 2.04. The minimum absolute atomic E-state index is 0.180. The topological polar surface area (TPSA) is 52.7 Å². The van der Waals surface area contributed by atoms with Gasteiger partial charge in [-0.2, -0.15) is 0 Å². The van der Waals surface area contributed by atoms with Crippen molar-refractivity contribution in [2.45, 2.75) is 65.8 Å². The van der Waals surface area contributed by atoms with Gasteiger partial charge in [0.2, 0.25) is 5.91 Å². The maximum Gasteiger partial charge on any atom is 0.236 e. The monoisotopic (exact) mass is 339 g/mol. The van der Waals surface area contributed by atoms with Gasteiger partial charge in [-0.3, -0.25) is 14.5 Å². The van der Waals surface area contributed by atoms with Gasteiger partial charge in [-0.1, -0.05) is 40.5 Å². The second kappa shape index (κ2) is 11.6. The highest BCUT2D eigenvalue weighted by atomic mass is 16.2. The first-order chi connectivity index (χ1) is 11.4. The van der Waals surface area contributed by atoms with Gasteiger partial charge in [0, 0.05) is 44.6 Å². The van der Waals surface area contributed by atoms with Crippen LogP contribution in [0.1, 0.15) is 59.8 Å². The Labute approximate surface area is 148 Å². The normalized spacial score (nSPS) is 16.2. The molecule has 1 heterocycles. The van der Waals surface area contributed by atoms with Gasteiger partial charge in [-0.05, 0) is 19.4 Å². The molecule has 0 aromatic carbocycles. The molecule has 0 unspecified atom stereocenters. The zero-order valence-corrected chi connectivity index (χ0v) is 16.1. The van der Waals surface area contributed by atoms with Crippen molar-refractivity contribution in [3.63, 3.8) is 0 Å². The smallest absolute Gasteiger partial charge is 0.236 e. The standard InChI is InChI=1S/C19H37N3O2/c1-16(2)18(23)9-7-5-6-8-10-21-11-13-22(14-12-21)19(24)15-20-17(3)4/h16-17,20H,5-15H2,1-4H3. The number of amides is 1. The molecule has 0 atom stereocenters. The summed E-state index contributed by atoms with van der Waals surface area (Å²) in [7, 11) is 0. The highest BCUT2D eigenvalue weighted by Crippen LogP contribution is 2.09. The molecule has 1 amide bonds. The highest BCUT2D eigenvalue weighted by molar-refractivity contribution is 5.80. The maximum atomic E-state index is 12.1. The molecule has 1 rings (SSSR count). The van der Waals surface area contributed by atoms with Crippen LogP contribution in [-0.2, 0) is 9.59 Å². The minimum atomic E-state index is 0.180. The van der Waals surface area contributed by atoms with Gasteiger partial charge >= 0.3 is 0 Å². The molecule has 1 saturated heterocycles. The molecule has 0 aliphatic carbocycles. The summed E-state index contributed by atoms with van der Waals surface area (Å²) in [5, 5.41) is 3.19. The van der Waals surface area contributed by atoms with E-state index in [1.165, 1.54) is 12.8 Å². The molecule has 0 bridgehead atoms. The van der Waals surface area contributed by atoms with Crippen molar-refractivity contribution >= 4 is 11.7 Å². The molecule has 1 N–H and O–H groups in total. The summed E-state index contributed by atoms with van der Waals surface area (Å²) in [4.78, 5) is 28.0. The minimum Gasteiger partial charge on any atom is -0.339 e. The zero-order chi connectivity index (χ0) is 17.9. The van der Waals surface area contributed by atoms with E-state index >= 15 is 0 Å². The Morgan fingerprint density at radius 1 is 0.917 bits per heavy atom. The van der Waals surface area contributed by atoms with Crippen LogP contribution in [0.15, 0.2) is 0 Å². The molecule has 0 aromatic heterocycles. The van der Waals surface area contributed by atoms with E-state index in [0.717, 1.165) is 52.0 Å². The van der Waals surface area contributed by atoms with Gasteiger partial charge in [0.15, 0.2) is 0 Å². The Morgan fingerprint density at radius 2 is 1.54 bits per heavy atom. The van der Waals surface area contributed by atoms with Crippen LogP contribution >= 0.6 is 0 Å². The van der Waals surface area contributed by atoms with E-state index in [-0.39, 0.29) is 11.8 Å².